The minimum Gasteiger partial charge on any atom is -0.488 e. The average molecular weight is 288 g/mol. The Morgan fingerprint density at radius 3 is 2.84 bits per heavy atom. The molecule has 0 amide bonds. The fraction of sp³-hybridized carbons (Fsp3) is 0.538. The maximum Gasteiger partial charge on any atom is 0.187 e. The molecule has 0 aliphatic carbocycles. The lowest BCUT2D eigenvalue weighted by Crippen LogP contribution is -2.26. The third kappa shape index (κ3) is 3.04. The molecule has 1 aliphatic rings. The molecule has 1 heterocycles. The molecule has 2 rings (SSSR count). The van der Waals surface area contributed by atoms with Crippen LogP contribution in [0.1, 0.15) is 19.3 Å². The van der Waals surface area contributed by atoms with Crippen LogP contribution >= 0.6 is 11.6 Å². The molecule has 1 atom stereocenters. The zero-order valence-corrected chi connectivity index (χ0v) is 11.7. The first-order chi connectivity index (χ1) is 9.00. The standard InChI is InChI=1S/C13H19ClFN3O/c1-18-5-2-3-8(18)4-6-19-13-10(17)7-9(16)11(14)12(13)15/h7-8H,2-6,16-17H2,1H3. The van der Waals surface area contributed by atoms with Crippen LogP contribution in [0.3, 0.4) is 0 Å². The number of nitrogen functional groups attached to an aromatic ring is 2. The number of hydrogen-bond acceptors (Lipinski definition) is 4. The lowest BCUT2D eigenvalue weighted by Gasteiger charge is -2.20. The first-order valence-corrected chi connectivity index (χ1v) is 6.74. The summed E-state index contributed by atoms with van der Waals surface area (Å²) in [5.41, 5.74) is 11.5. The van der Waals surface area contributed by atoms with E-state index in [1.54, 1.807) is 0 Å². The fourth-order valence-electron chi connectivity index (χ4n) is 2.44. The summed E-state index contributed by atoms with van der Waals surface area (Å²) >= 11 is 5.74. The van der Waals surface area contributed by atoms with Crippen LogP contribution in [0.25, 0.3) is 0 Å². The lowest BCUT2D eigenvalue weighted by molar-refractivity contribution is 0.229. The van der Waals surface area contributed by atoms with Crippen molar-refractivity contribution in [1.82, 2.24) is 4.90 Å². The molecule has 1 aromatic carbocycles. The summed E-state index contributed by atoms with van der Waals surface area (Å²) in [5, 5.41) is -0.137. The summed E-state index contributed by atoms with van der Waals surface area (Å²) in [7, 11) is 2.09. The minimum absolute atomic E-state index is 0.000139. The van der Waals surface area contributed by atoms with Gasteiger partial charge in [0.2, 0.25) is 0 Å². The van der Waals surface area contributed by atoms with Crippen molar-refractivity contribution in [3.8, 4) is 5.75 Å². The molecule has 4 N–H and O–H groups in total. The van der Waals surface area contributed by atoms with Gasteiger partial charge in [-0.25, -0.2) is 4.39 Å². The van der Waals surface area contributed by atoms with Crippen LogP contribution in [0, 0.1) is 5.82 Å². The summed E-state index contributed by atoms with van der Waals surface area (Å²) in [4.78, 5) is 2.29. The Hall–Kier alpha value is -1.20. The summed E-state index contributed by atoms with van der Waals surface area (Å²) in [6.45, 7) is 1.52. The Bertz CT molecular complexity index is 470. The number of halogens is 2. The van der Waals surface area contributed by atoms with Crippen LogP contribution in [0.4, 0.5) is 15.8 Å². The van der Waals surface area contributed by atoms with E-state index in [9.17, 15) is 4.39 Å². The molecular weight excluding hydrogens is 269 g/mol. The molecule has 1 aliphatic heterocycles. The maximum absolute atomic E-state index is 13.9. The van der Waals surface area contributed by atoms with Crippen molar-refractivity contribution >= 4 is 23.0 Å². The van der Waals surface area contributed by atoms with Crippen LogP contribution in [0.2, 0.25) is 5.02 Å². The highest BCUT2D eigenvalue weighted by molar-refractivity contribution is 6.33. The predicted molar refractivity (Wildman–Crippen MR) is 76.0 cm³/mol. The molecule has 6 heteroatoms. The van der Waals surface area contributed by atoms with Crippen molar-refractivity contribution < 1.29 is 9.13 Å². The summed E-state index contributed by atoms with van der Waals surface area (Å²) in [5.74, 6) is -0.682. The molecule has 1 unspecified atom stereocenters. The molecule has 4 nitrogen and oxygen atoms in total. The van der Waals surface area contributed by atoms with Gasteiger partial charge in [-0.15, -0.1) is 0 Å². The molecule has 0 spiro atoms. The Balaban J connectivity index is 1.98. The second-order valence-corrected chi connectivity index (χ2v) is 5.30. The van der Waals surface area contributed by atoms with E-state index in [2.05, 4.69) is 11.9 Å². The number of hydrogen-bond donors (Lipinski definition) is 2. The molecule has 0 saturated carbocycles. The second-order valence-electron chi connectivity index (χ2n) is 4.93. The average Bonchev–Trinajstić information content (AvgIpc) is 2.77. The molecule has 1 saturated heterocycles. The molecule has 1 aromatic rings. The fourth-order valence-corrected chi connectivity index (χ4v) is 2.58. The van der Waals surface area contributed by atoms with Gasteiger partial charge in [0, 0.05) is 6.04 Å². The van der Waals surface area contributed by atoms with Gasteiger partial charge in [0.05, 0.1) is 18.0 Å². The van der Waals surface area contributed by atoms with Crippen LogP contribution in [-0.2, 0) is 0 Å². The zero-order chi connectivity index (χ0) is 14.0. The van der Waals surface area contributed by atoms with Crippen molar-refractivity contribution in [2.24, 2.45) is 0 Å². The zero-order valence-electron chi connectivity index (χ0n) is 11.0. The summed E-state index contributed by atoms with van der Waals surface area (Å²) in [6.07, 6.45) is 3.20. The van der Waals surface area contributed by atoms with E-state index in [1.807, 2.05) is 0 Å². The third-order valence-corrected chi connectivity index (χ3v) is 3.97. The lowest BCUT2D eigenvalue weighted by atomic mass is 10.1. The molecular formula is C13H19ClFN3O. The SMILES string of the molecule is CN1CCCC1CCOc1c(N)cc(N)c(Cl)c1F. The molecule has 0 bridgehead atoms. The van der Waals surface area contributed by atoms with Gasteiger partial charge < -0.3 is 21.1 Å². The number of ether oxygens (including phenoxy) is 1. The number of nitrogens with zero attached hydrogens (tertiary/aromatic N) is 1. The second kappa shape index (κ2) is 5.84. The Morgan fingerprint density at radius 1 is 1.47 bits per heavy atom. The molecule has 0 radical (unpaired) electrons. The van der Waals surface area contributed by atoms with Gasteiger partial charge in [-0.1, -0.05) is 11.6 Å². The van der Waals surface area contributed by atoms with Crippen molar-refractivity contribution in [2.45, 2.75) is 25.3 Å². The highest BCUT2D eigenvalue weighted by atomic mass is 35.5. The molecule has 19 heavy (non-hydrogen) atoms. The van der Waals surface area contributed by atoms with Gasteiger partial charge in [0.25, 0.3) is 0 Å². The van der Waals surface area contributed by atoms with Gasteiger partial charge in [-0.3, -0.25) is 0 Å². The van der Waals surface area contributed by atoms with Gasteiger partial charge in [-0.05, 0) is 38.9 Å². The first kappa shape index (κ1) is 14.2. The van der Waals surface area contributed by atoms with Crippen LogP contribution in [0.5, 0.6) is 5.75 Å². The van der Waals surface area contributed by atoms with E-state index in [0.717, 1.165) is 19.4 Å². The van der Waals surface area contributed by atoms with Gasteiger partial charge in [-0.2, -0.15) is 0 Å². The third-order valence-electron chi connectivity index (χ3n) is 3.59. The summed E-state index contributed by atoms with van der Waals surface area (Å²) in [6, 6.07) is 1.91. The Morgan fingerprint density at radius 2 is 2.21 bits per heavy atom. The largest absolute Gasteiger partial charge is 0.488 e. The number of nitrogens with two attached hydrogens (primary N) is 2. The normalized spacial score (nSPS) is 19.8. The Labute approximate surface area is 117 Å². The highest BCUT2D eigenvalue weighted by Gasteiger charge is 2.21. The molecule has 106 valence electrons. The van der Waals surface area contributed by atoms with Crippen molar-refractivity contribution in [2.75, 3.05) is 31.7 Å². The van der Waals surface area contributed by atoms with Gasteiger partial charge in [0.15, 0.2) is 11.6 Å². The number of rotatable bonds is 4. The maximum atomic E-state index is 13.9. The number of benzene rings is 1. The monoisotopic (exact) mass is 287 g/mol. The van der Waals surface area contributed by atoms with Gasteiger partial charge in [0.1, 0.15) is 5.02 Å². The van der Waals surface area contributed by atoms with Crippen LogP contribution in [0.15, 0.2) is 6.07 Å². The van der Waals surface area contributed by atoms with Gasteiger partial charge >= 0.3 is 0 Å². The van der Waals surface area contributed by atoms with Crippen molar-refractivity contribution in [3.63, 3.8) is 0 Å². The van der Waals surface area contributed by atoms with E-state index in [-0.39, 0.29) is 22.1 Å². The van der Waals surface area contributed by atoms with E-state index in [0.29, 0.717) is 12.6 Å². The topological polar surface area (TPSA) is 64.5 Å². The molecule has 0 aromatic heterocycles. The first-order valence-electron chi connectivity index (χ1n) is 6.36. The predicted octanol–water partition coefficient (Wildman–Crippen LogP) is 2.51. The summed E-state index contributed by atoms with van der Waals surface area (Å²) < 4.78 is 19.3. The number of anilines is 2. The highest BCUT2D eigenvalue weighted by Crippen LogP contribution is 2.35. The minimum atomic E-state index is -0.682. The van der Waals surface area contributed by atoms with Crippen LogP contribution < -0.4 is 16.2 Å². The quantitative estimate of drug-likeness (QED) is 0.835. The van der Waals surface area contributed by atoms with E-state index < -0.39 is 5.82 Å². The molecule has 1 fully saturated rings. The van der Waals surface area contributed by atoms with E-state index in [4.69, 9.17) is 27.8 Å². The Kier molecular flexibility index (Phi) is 4.37. The van der Waals surface area contributed by atoms with E-state index in [1.165, 1.54) is 12.5 Å². The van der Waals surface area contributed by atoms with Crippen LogP contribution in [-0.4, -0.2) is 31.1 Å². The van der Waals surface area contributed by atoms with Crippen molar-refractivity contribution in [1.29, 1.82) is 0 Å². The van der Waals surface area contributed by atoms with E-state index >= 15 is 0 Å². The van der Waals surface area contributed by atoms with Crippen molar-refractivity contribution in [3.05, 3.63) is 16.9 Å². The number of likely N-dealkylation sites (tertiary alicyclic amines) is 1. The smallest absolute Gasteiger partial charge is 0.187 e.